The van der Waals surface area contributed by atoms with Crippen LogP contribution in [0, 0.1) is 5.92 Å². The summed E-state index contributed by atoms with van der Waals surface area (Å²) in [6.07, 6.45) is 13.7. The largest absolute Gasteiger partial charge is 0.337 e. The average molecular weight is 309 g/mol. The molecule has 0 aromatic carbocycles. The summed E-state index contributed by atoms with van der Waals surface area (Å²) in [6, 6.07) is 3.05. The van der Waals surface area contributed by atoms with Crippen molar-refractivity contribution in [3.63, 3.8) is 0 Å². The zero-order chi connectivity index (χ0) is 14.9. The summed E-state index contributed by atoms with van der Waals surface area (Å²) in [4.78, 5) is 5.85. The minimum absolute atomic E-state index is 0.998. The fourth-order valence-corrected chi connectivity index (χ4v) is 6.49. The Bertz CT molecular complexity index is 358. The topological polar surface area (TPSA) is 13.3 Å². The summed E-state index contributed by atoms with van der Waals surface area (Å²) in [5, 5.41) is 0. The Balaban J connectivity index is 1.52. The van der Waals surface area contributed by atoms with Crippen LogP contribution in [0.5, 0.6) is 0 Å². The summed E-state index contributed by atoms with van der Waals surface area (Å²) in [7, 11) is 2.39. The zero-order valence-corrected chi connectivity index (χ0v) is 14.7. The van der Waals surface area contributed by atoms with E-state index in [0.29, 0.717) is 0 Å². The number of likely N-dealkylation sites (tertiary alicyclic amines) is 1. The molecule has 0 aromatic heterocycles. The second kappa shape index (κ2) is 6.78. The molecule has 4 atom stereocenters. The SMILES string of the molecule is C[NH+]1CCC([NH+]2CC[NH+]3CCC[C@@H]3[C@@H]2C2CCCCC2)CC1. The zero-order valence-electron chi connectivity index (χ0n) is 14.7. The first-order valence-electron chi connectivity index (χ1n) is 10.3. The van der Waals surface area contributed by atoms with Crippen LogP contribution in [-0.4, -0.2) is 57.9 Å². The summed E-state index contributed by atoms with van der Waals surface area (Å²) >= 11 is 0. The van der Waals surface area contributed by atoms with Gasteiger partial charge in [0.1, 0.15) is 25.2 Å². The molecule has 3 heteroatoms. The van der Waals surface area contributed by atoms with E-state index in [9.17, 15) is 0 Å². The highest BCUT2D eigenvalue weighted by Gasteiger charge is 2.51. The maximum absolute atomic E-state index is 2.39. The van der Waals surface area contributed by atoms with E-state index in [1.54, 1.807) is 17.7 Å². The van der Waals surface area contributed by atoms with Gasteiger partial charge in [0.05, 0.1) is 32.7 Å². The van der Waals surface area contributed by atoms with Crippen LogP contribution in [0.25, 0.3) is 0 Å². The minimum Gasteiger partial charge on any atom is -0.337 e. The lowest BCUT2D eigenvalue weighted by Crippen LogP contribution is -3.34. The Morgan fingerprint density at radius 3 is 2.23 bits per heavy atom. The van der Waals surface area contributed by atoms with Crippen molar-refractivity contribution in [2.45, 2.75) is 75.9 Å². The van der Waals surface area contributed by atoms with Crippen molar-refractivity contribution in [3.8, 4) is 0 Å². The minimum atomic E-state index is 0.998. The Morgan fingerprint density at radius 1 is 0.682 bits per heavy atom. The Kier molecular flexibility index (Phi) is 4.75. The van der Waals surface area contributed by atoms with E-state index < -0.39 is 0 Å². The fraction of sp³-hybridized carbons (Fsp3) is 1.00. The van der Waals surface area contributed by atoms with Gasteiger partial charge >= 0.3 is 0 Å². The molecule has 0 aromatic rings. The molecule has 0 spiro atoms. The van der Waals surface area contributed by atoms with Crippen molar-refractivity contribution in [1.82, 2.24) is 0 Å². The lowest BCUT2D eigenvalue weighted by Gasteiger charge is -2.47. The van der Waals surface area contributed by atoms with Crippen molar-refractivity contribution in [2.75, 3.05) is 39.8 Å². The van der Waals surface area contributed by atoms with E-state index in [0.717, 1.165) is 24.0 Å². The number of rotatable bonds is 2. The van der Waals surface area contributed by atoms with E-state index in [-0.39, 0.29) is 0 Å². The Labute approximate surface area is 137 Å². The molecule has 3 N–H and O–H groups in total. The second-order valence-corrected chi connectivity index (χ2v) is 8.89. The predicted octanol–water partition coefficient (Wildman–Crippen LogP) is -1.44. The molecule has 0 amide bonds. The van der Waals surface area contributed by atoms with E-state index in [4.69, 9.17) is 0 Å². The first-order valence-corrected chi connectivity index (χ1v) is 10.3. The molecule has 4 rings (SSSR count). The standard InChI is InChI=1S/C19H35N3/c1-20-12-9-17(10-13-20)22-15-14-21-11-5-8-18(21)19(22)16-6-3-2-4-7-16/h16-19H,2-15H2,1H3/p+3/t18-,19+/m1/s1. The molecule has 3 heterocycles. The highest BCUT2D eigenvalue weighted by Crippen LogP contribution is 2.28. The molecule has 3 aliphatic heterocycles. The third-order valence-electron chi connectivity index (χ3n) is 7.66. The molecule has 3 nitrogen and oxygen atoms in total. The van der Waals surface area contributed by atoms with E-state index in [1.807, 2.05) is 4.90 Å². The average Bonchev–Trinajstić information content (AvgIpc) is 3.04. The van der Waals surface area contributed by atoms with Crippen LogP contribution in [0.2, 0.25) is 0 Å². The third-order valence-corrected chi connectivity index (χ3v) is 7.66. The van der Waals surface area contributed by atoms with Crippen LogP contribution >= 0.6 is 0 Å². The molecular weight excluding hydrogens is 270 g/mol. The Morgan fingerprint density at radius 2 is 1.45 bits per heavy atom. The quantitative estimate of drug-likeness (QED) is 0.553. The molecule has 3 saturated heterocycles. The van der Waals surface area contributed by atoms with Crippen molar-refractivity contribution < 1.29 is 14.7 Å². The molecule has 1 aliphatic carbocycles. The lowest BCUT2D eigenvalue weighted by atomic mass is 9.78. The lowest BCUT2D eigenvalue weighted by molar-refractivity contribution is -1.06. The van der Waals surface area contributed by atoms with Gasteiger partial charge < -0.3 is 14.7 Å². The highest BCUT2D eigenvalue weighted by molar-refractivity contribution is 4.84. The molecule has 4 fully saturated rings. The van der Waals surface area contributed by atoms with Gasteiger partial charge in [0.2, 0.25) is 0 Å². The van der Waals surface area contributed by atoms with Gasteiger partial charge in [0.25, 0.3) is 0 Å². The normalized spacial score (nSPS) is 47.3. The highest BCUT2D eigenvalue weighted by atomic mass is 15.3. The fourth-order valence-electron chi connectivity index (χ4n) is 6.49. The summed E-state index contributed by atoms with van der Waals surface area (Å²) < 4.78 is 0. The Hall–Kier alpha value is -0.120. The smallest absolute Gasteiger partial charge is 0.143 e. The van der Waals surface area contributed by atoms with Crippen LogP contribution in [0.1, 0.15) is 57.8 Å². The molecule has 126 valence electrons. The van der Waals surface area contributed by atoms with Crippen molar-refractivity contribution >= 4 is 0 Å². The van der Waals surface area contributed by atoms with Crippen molar-refractivity contribution in [1.29, 1.82) is 0 Å². The number of quaternary nitrogens is 3. The number of hydrogen-bond acceptors (Lipinski definition) is 0. The van der Waals surface area contributed by atoms with Gasteiger partial charge in [-0.2, -0.15) is 0 Å². The molecule has 4 aliphatic rings. The van der Waals surface area contributed by atoms with Gasteiger partial charge in [-0.15, -0.1) is 0 Å². The van der Waals surface area contributed by atoms with Gasteiger partial charge in [0, 0.05) is 31.6 Å². The van der Waals surface area contributed by atoms with E-state index >= 15 is 0 Å². The molecule has 1 saturated carbocycles. The first-order chi connectivity index (χ1) is 10.8. The number of piperidine rings is 1. The van der Waals surface area contributed by atoms with Gasteiger partial charge in [-0.05, 0) is 12.8 Å². The van der Waals surface area contributed by atoms with Crippen LogP contribution in [0.15, 0.2) is 0 Å². The van der Waals surface area contributed by atoms with Crippen LogP contribution in [0.3, 0.4) is 0 Å². The van der Waals surface area contributed by atoms with Crippen molar-refractivity contribution in [3.05, 3.63) is 0 Å². The maximum atomic E-state index is 2.39. The molecule has 0 radical (unpaired) electrons. The maximum Gasteiger partial charge on any atom is 0.143 e. The van der Waals surface area contributed by atoms with Crippen LogP contribution in [-0.2, 0) is 0 Å². The molecule has 0 bridgehead atoms. The third kappa shape index (κ3) is 2.97. The van der Waals surface area contributed by atoms with Crippen LogP contribution in [0.4, 0.5) is 0 Å². The molecular formula is C19H38N3+3. The van der Waals surface area contributed by atoms with Gasteiger partial charge in [-0.25, -0.2) is 0 Å². The van der Waals surface area contributed by atoms with Gasteiger partial charge in [0.15, 0.2) is 0 Å². The summed E-state index contributed by atoms with van der Waals surface area (Å²) in [5.74, 6) is 1.06. The monoisotopic (exact) mass is 308 g/mol. The number of nitrogens with one attached hydrogen (secondary N) is 3. The number of hydrogen-bond donors (Lipinski definition) is 3. The number of piperazine rings is 1. The molecule has 22 heavy (non-hydrogen) atoms. The van der Waals surface area contributed by atoms with Gasteiger partial charge in [-0.3, -0.25) is 0 Å². The summed E-state index contributed by atoms with van der Waals surface area (Å²) in [5.41, 5.74) is 0. The second-order valence-electron chi connectivity index (χ2n) is 8.89. The van der Waals surface area contributed by atoms with E-state index in [2.05, 4.69) is 11.9 Å². The predicted molar refractivity (Wildman–Crippen MR) is 89.6 cm³/mol. The first kappa shape index (κ1) is 15.4. The molecule has 2 unspecified atom stereocenters. The van der Waals surface area contributed by atoms with Crippen LogP contribution < -0.4 is 14.7 Å². The van der Waals surface area contributed by atoms with Crippen molar-refractivity contribution in [2.24, 2.45) is 5.92 Å². The summed E-state index contributed by atoms with van der Waals surface area (Å²) in [6.45, 7) is 7.29. The van der Waals surface area contributed by atoms with Gasteiger partial charge in [-0.1, -0.05) is 19.3 Å². The van der Waals surface area contributed by atoms with E-state index in [1.165, 1.54) is 77.7 Å². The number of fused-ring (bicyclic) bond motifs is 1.